The number of aromatic nitrogens is 2. The molecule has 0 amide bonds. The highest BCUT2D eigenvalue weighted by atomic mass is 35.5. The summed E-state index contributed by atoms with van der Waals surface area (Å²) < 4.78 is 28.5. The summed E-state index contributed by atoms with van der Waals surface area (Å²) in [4.78, 5) is 3.86. The fourth-order valence-electron chi connectivity index (χ4n) is 1.62. The van der Waals surface area contributed by atoms with E-state index in [9.17, 15) is 8.42 Å². The first-order valence-electron chi connectivity index (χ1n) is 5.62. The number of hydrogen-bond donors (Lipinski definition) is 1. The lowest BCUT2D eigenvalue weighted by atomic mass is 10.4. The number of aryl methyl sites for hydroxylation is 1. The van der Waals surface area contributed by atoms with E-state index in [0.29, 0.717) is 0 Å². The smallest absolute Gasteiger partial charge is 0.242 e. The van der Waals surface area contributed by atoms with Gasteiger partial charge in [0.15, 0.2) is 0 Å². The number of pyridine rings is 1. The van der Waals surface area contributed by atoms with Gasteiger partial charge in [-0.25, -0.2) is 18.1 Å². The average Bonchev–Trinajstić information content (AvgIpc) is 2.68. The van der Waals surface area contributed by atoms with Crippen molar-refractivity contribution in [2.45, 2.75) is 18.4 Å². The van der Waals surface area contributed by atoms with E-state index in [1.165, 1.54) is 18.3 Å². The van der Waals surface area contributed by atoms with Gasteiger partial charge < -0.3 is 4.57 Å². The van der Waals surface area contributed by atoms with Crippen LogP contribution in [0.25, 0.3) is 0 Å². The third-order valence-electron chi connectivity index (χ3n) is 2.93. The predicted octanol–water partition coefficient (Wildman–Crippen LogP) is 1.86. The van der Waals surface area contributed by atoms with Gasteiger partial charge in [0.25, 0.3) is 0 Å². The summed E-state index contributed by atoms with van der Waals surface area (Å²) in [6.07, 6.45) is 1.24. The van der Waals surface area contributed by atoms with Crippen LogP contribution in [0.1, 0.15) is 11.4 Å². The van der Waals surface area contributed by atoms with Gasteiger partial charge in [0.2, 0.25) is 10.0 Å². The zero-order valence-electron chi connectivity index (χ0n) is 10.6. The molecule has 7 heteroatoms. The Kier molecular flexibility index (Phi) is 3.93. The van der Waals surface area contributed by atoms with E-state index in [4.69, 9.17) is 11.6 Å². The number of rotatable bonds is 4. The lowest BCUT2D eigenvalue weighted by Gasteiger charge is -2.08. The zero-order chi connectivity index (χ0) is 14.0. The van der Waals surface area contributed by atoms with Crippen LogP contribution in [0.3, 0.4) is 0 Å². The first-order valence-corrected chi connectivity index (χ1v) is 7.49. The van der Waals surface area contributed by atoms with Crippen LogP contribution >= 0.6 is 11.6 Å². The molecule has 0 saturated heterocycles. The summed E-state index contributed by atoms with van der Waals surface area (Å²) in [5, 5.41) is 0.261. The summed E-state index contributed by atoms with van der Waals surface area (Å²) in [5.74, 6) is 0. The van der Waals surface area contributed by atoms with Gasteiger partial charge in [0.1, 0.15) is 10.0 Å². The number of nitrogens with one attached hydrogen (secondary N) is 1. The second-order valence-corrected chi connectivity index (χ2v) is 6.32. The van der Waals surface area contributed by atoms with Crippen LogP contribution in [0, 0.1) is 6.92 Å². The molecule has 0 spiro atoms. The van der Waals surface area contributed by atoms with Gasteiger partial charge in [-0.05, 0) is 31.2 Å². The first kappa shape index (κ1) is 14.0. The molecule has 2 rings (SSSR count). The van der Waals surface area contributed by atoms with Crippen LogP contribution in [0.4, 0.5) is 0 Å². The maximum absolute atomic E-state index is 12.0. The van der Waals surface area contributed by atoms with Gasteiger partial charge in [-0.1, -0.05) is 11.6 Å². The summed E-state index contributed by atoms with van der Waals surface area (Å²) in [7, 11) is -1.68. The van der Waals surface area contributed by atoms with Crippen molar-refractivity contribution < 1.29 is 8.42 Å². The highest BCUT2D eigenvalue weighted by molar-refractivity contribution is 7.89. The molecule has 0 aliphatic carbocycles. The maximum atomic E-state index is 12.0. The van der Waals surface area contributed by atoms with Crippen LogP contribution in [0.2, 0.25) is 5.15 Å². The normalized spacial score (nSPS) is 11.7. The van der Waals surface area contributed by atoms with Crippen molar-refractivity contribution in [1.82, 2.24) is 14.3 Å². The minimum atomic E-state index is -3.57. The molecule has 0 unspecified atom stereocenters. The molecular formula is C12H14ClN3O2S. The predicted molar refractivity (Wildman–Crippen MR) is 73.4 cm³/mol. The van der Waals surface area contributed by atoms with Gasteiger partial charge in [-0.3, -0.25) is 0 Å². The minimum absolute atomic E-state index is 0.0998. The highest BCUT2D eigenvalue weighted by Crippen LogP contribution is 2.12. The summed E-state index contributed by atoms with van der Waals surface area (Å²) in [6, 6.07) is 6.70. The van der Waals surface area contributed by atoms with Crippen molar-refractivity contribution in [3.8, 4) is 0 Å². The quantitative estimate of drug-likeness (QED) is 0.877. The minimum Gasteiger partial charge on any atom is -0.351 e. The first-order chi connectivity index (χ1) is 8.90. The Hall–Kier alpha value is -1.37. The fourth-order valence-corrected chi connectivity index (χ4v) is 2.67. The standard InChI is InChI=1S/C12H14ClN3O2S/c1-9-3-4-10(16(9)2)7-15-19(17,18)11-5-6-12(13)14-8-11/h3-6,8,15H,7H2,1-2H3. The molecule has 0 saturated carbocycles. The van der Waals surface area contributed by atoms with Crippen LogP contribution in [-0.4, -0.2) is 18.0 Å². The Morgan fingerprint density at radius 2 is 2.05 bits per heavy atom. The topological polar surface area (TPSA) is 64.0 Å². The molecule has 19 heavy (non-hydrogen) atoms. The summed E-state index contributed by atoms with van der Waals surface area (Å²) in [5.41, 5.74) is 1.96. The molecular weight excluding hydrogens is 286 g/mol. The molecule has 0 bridgehead atoms. The van der Waals surface area contributed by atoms with E-state index in [1.807, 2.05) is 30.7 Å². The van der Waals surface area contributed by atoms with E-state index >= 15 is 0 Å². The fraction of sp³-hybridized carbons (Fsp3) is 0.250. The molecule has 0 aromatic carbocycles. The molecule has 0 radical (unpaired) electrons. The van der Waals surface area contributed by atoms with Gasteiger partial charge in [-0.15, -0.1) is 0 Å². The molecule has 0 aliphatic heterocycles. The van der Waals surface area contributed by atoms with Gasteiger partial charge in [0, 0.05) is 24.6 Å². The Morgan fingerprint density at radius 3 is 2.58 bits per heavy atom. The van der Waals surface area contributed by atoms with Crippen molar-refractivity contribution in [2.75, 3.05) is 0 Å². The number of nitrogens with zero attached hydrogens (tertiary/aromatic N) is 2. The van der Waals surface area contributed by atoms with Gasteiger partial charge in [-0.2, -0.15) is 0 Å². The molecule has 5 nitrogen and oxygen atoms in total. The molecule has 0 aliphatic rings. The summed E-state index contributed by atoms with van der Waals surface area (Å²) >= 11 is 5.63. The van der Waals surface area contributed by atoms with E-state index in [0.717, 1.165) is 11.4 Å². The van der Waals surface area contributed by atoms with Crippen LogP contribution in [0.5, 0.6) is 0 Å². The molecule has 0 fully saturated rings. The van der Waals surface area contributed by atoms with Crippen molar-refractivity contribution in [3.05, 3.63) is 47.0 Å². The van der Waals surface area contributed by atoms with Crippen LogP contribution in [0.15, 0.2) is 35.4 Å². The maximum Gasteiger partial charge on any atom is 0.242 e. The van der Waals surface area contributed by atoms with Crippen molar-refractivity contribution in [2.24, 2.45) is 7.05 Å². The third-order valence-corrected chi connectivity index (χ3v) is 4.54. The SMILES string of the molecule is Cc1ccc(CNS(=O)(=O)c2ccc(Cl)nc2)n1C. The van der Waals surface area contributed by atoms with E-state index < -0.39 is 10.0 Å². The lowest BCUT2D eigenvalue weighted by molar-refractivity contribution is 0.578. The van der Waals surface area contributed by atoms with Crippen molar-refractivity contribution >= 4 is 21.6 Å². The second-order valence-electron chi connectivity index (χ2n) is 4.17. The zero-order valence-corrected chi connectivity index (χ0v) is 12.2. The molecule has 2 aromatic rings. The molecule has 2 aromatic heterocycles. The Bertz CT molecular complexity index is 678. The van der Waals surface area contributed by atoms with Crippen molar-refractivity contribution in [3.63, 3.8) is 0 Å². The number of sulfonamides is 1. The monoisotopic (exact) mass is 299 g/mol. The molecule has 2 heterocycles. The molecule has 0 atom stereocenters. The second kappa shape index (κ2) is 5.32. The van der Waals surface area contributed by atoms with E-state index in [-0.39, 0.29) is 16.6 Å². The average molecular weight is 300 g/mol. The largest absolute Gasteiger partial charge is 0.351 e. The van der Waals surface area contributed by atoms with E-state index in [2.05, 4.69) is 9.71 Å². The Balaban J connectivity index is 2.14. The lowest BCUT2D eigenvalue weighted by Crippen LogP contribution is -2.24. The van der Waals surface area contributed by atoms with Gasteiger partial charge >= 0.3 is 0 Å². The van der Waals surface area contributed by atoms with E-state index in [1.54, 1.807) is 0 Å². The molecule has 102 valence electrons. The third kappa shape index (κ3) is 3.15. The van der Waals surface area contributed by atoms with Crippen LogP contribution in [-0.2, 0) is 23.6 Å². The molecule has 1 N–H and O–H groups in total. The Labute approximate surface area is 117 Å². The number of hydrogen-bond acceptors (Lipinski definition) is 3. The van der Waals surface area contributed by atoms with Crippen LogP contribution < -0.4 is 4.72 Å². The Morgan fingerprint density at radius 1 is 1.32 bits per heavy atom. The van der Waals surface area contributed by atoms with Gasteiger partial charge in [0.05, 0.1) is 6.54 Å². The van der Waals surface area contributed by atoms with Crippen molar-refractivity contribution in [1.29, 1.82) is 0 Å². The highest BCUT2D eigenvalue weighted by Gasteiger charge is 2.14. The summed E-state index contributed by atoms with van der Waals surface area (Å²) in [6.45, 7) is 2.19. The number of halogens is 1.